The van der Waals surface area contributed by atoms with Gasteiger partial charge in [-0.15, -0.1) is 0 Å². The summed E-state index contributed by atoms with van der Waals surface area (Å²) >= 11 is 17.7. The molecule has 2 aromatic carbocycles. The number of carboxylic acids is 1. The van der Waals surface area contributed by atoms with E-state index in [2.05, 4.69) is 0 Å². The van der Waals surface area contributed by atoms with Gasteiger partial charge in [-0.25, -0.2) is 4.79 Å². The van der Waals surface area contributed by atoms with Crippen molar-refractivity contribution in [1.82, 2.24) is 0 Å². The van der Waals surface area contributed by atoms with E-state index in [9.17, 15) is 4.79 Å². The molecule has 0 saturated carbocycles. The zero-order valence-corrected chi connectivity index (χ0v) is 12.1. The summed E-state index contributed by atoms with van der Waals surface area (Å²) in [6, 6.07) is 7.01. The summed E-state index contributed by atoms with van der Waals surface area (Å²) in [4.78, 5) is 10.8. The van der Waals surface area contributed by atoms with E-state index in [0.717, 1.165) is 0 Å². The van der Waals surface area contributed by atoms with Crippen LogP contribution in [0.25, 0.3) is 0 Å². The third-order valence-electron chi connectivity index (χ3n) is 2.45. The molecule has 0 radical (unpaired) electrons. The number of nitrogen functional groups attached to an aromatic ring is 1. The van der Waals surface area contributed by atoms with E-state index in [1.54, 1.807) is 0 Å². The number of carboxylic acid groups (broad SMARTS) is 1. The second-order valence-corrected chi connectivity index (χ2v) is 5.08. The van der Waals surface area contributed by atoms with Crippen molar-refractivity contribution in [3.05, 3.63) is 51.0 Å². The smallest absolute Gasteiger partial charge is 0.335 e. The highest BCUT2D eigenvalue weighted by molar-refractivity contribution is 6.43. The third-order valence-corrected chi connectivity index (χ3v) is 3.47. The second-order valence-electron chi connectivity index (χ2n) is 3.86. The van der Waals surface area contributed by atoms with Crippen molar-refractivity contribution < 1.29 is 14.6 Å². The van der Waals surface area contributed by atoms with Crippen LogP contribution in [0, 0.1) is 0 Å². The number of nitrogens with two attached hydrogens (primary N) is 1. The lowest BCUT2D eigenvalue weighted by atomic mass is 10.2. The van der Waals surface area contributed by atoms with Crippen molar-refractivity contribution in [3.63, 3.8) is 0 Å². The van der Waals surface area contributed by atoms with Crippen LogP contribution in [0.4, 0.5) is 5.69 Å². The highest BCUT2D eigenvalue weighted by Crippen LogP contribution is 2.37. The van der Waals surface area contributed by atoms with Crippen LogP contribution in [-0.4, -0.2) is 11.1 Å². The Kier molecular flexibility index (Phi) is 4.28. The fourth-order valence-corrected chi connectivity index (χ4v) is 2.05. The van der Waals surface area contributed by atoms with Gasteiger partial charge in [-0.1, -0.05) is 34.8 Å². The summed E-state index contributed by atoms with van der Waals surface area (Å²) in [6.07, 6.45) is 0. The van der Waals surface area contributed by atoms with Crippen LogP contribution in [0.2, 0.25) is 15.1 Å². The van der Waals surface area contributed by atoms with Crippen LogP contribution in [0.3, 0.4) is 0 Å². The van der Waals surface area contributed by atoms with Crippen LogP contribution < -0.4 is 10.5 Å². The quantitative estimate of drug-likeness (QED) is 0.630. The normalized spacial score (nSPS) is 10.3. The fraction of sp³-hybridized carbons (Fsp3) is 0. The number of hydrogen-bond acceptors (Lipinski definition) is 3. The van der Waals surface area contributed by atoms with Gasteiger partial charge >= 0.3 is 5.97 Å². The van der Waals surface area contributed by atoms with E-state index in [-0.39, 0.29) is 32.8 Å². The summed E-state index contributed by atoms with van der Waals surface area (Å²) in [5.74, 6) is -0.526. The van der Waals surface area contributed by atoms with Gasteiger partial charge in [0, 0.05) is 6.07 Å². The monoisotopic (exact) mass is 331 g/mol. The molecule has 0 amide bonds. The van der Waals surface area contributed by atoms with Crippen molar-refractivity contribution in [1.29, 1.82) is 0 Å². The minimum absolute atomic E-state index is 0.0649. The summed E-state index contributed by atoms with van der Waals surface area (Å²) in [6.45, 7) is 0. The zero-order chi connectivity index (χ0) is 14.9. The molecule has 0 aromatic heterocycles. The number of aromatic carboxylic acids is 1. The van der Waals surface area contributed by atoms with Crippen molar-refractivity contribution in [3.8, 4) is 11.5 Å². The lowest BCUT2D eigenvalue weighted by Gasteiger charge is -2.11. The van der Waals surface area contributed by atoms with Gasteiger partial charge in [-0.05, 0) is 24.3 Å². The summed E-state index contributed by atoms with van der Waals surface area (Å²) < 4.78 is 5.52. The molecule has 0 aliphatic rings. The maximum absolute atomic E-state index is 10.8. The molecule has 2 rings (SSSR count). The first-order valence-electron chi connectivity index (χ1n) is 5.33. The summed E-state index contributed by atoms with van der Waals surface area (Å²) in [7, 11) is 0. The Bertz CT molecular complexity index is 689. The van der Waals surface area contributed by atoms with E-state index >= 15 is 0 Å². The van der Waals surface area contributed by atoms with Gasteiger partial charge in [-0.3, -0.25) is 0 Å². The SMILES string of the molecule is Nc1cc(C(=O)O)ccc1Oc1cc(Cl)c(Cl)cc1Cl. The number of ether oxygens (including phenoxy) is 1. The van der Waals surface area contributed by atoms with Crippen LogP contribution in [0.15, 0.2) is 30.3 Å². The Morgan fingerprint density at radius 3 is 2.25 bits per heavy atom. The number of anilines is 1. The fourth-order valence-electron chi connectivity index (χ4n) is 1.48. The van der Waals surface area contributed by atoms with E-state index in [1.165, 1.54) is 30.3 Å². The third kappa shape index (κ3) is 3.10. The molecule has 0 saturated heterocycles. The lowest BCUT2D eigenvalue weighted by molar-refractivity contribution is 0.0697. The molecule has 0 atom stereocenters. The average molecular weight is 333 g/mol. The largest absolute Gasteiger partial charge is 0.478 e. The minimum Gasteiger partial charge on any atom is -0.478 e. The average Bonchev–Trinajstić information content (AvgIpc) is 2.37. The highest BCUT2D eigenvalue weighted by Gasteiger charge is 2.11. The van der Waals surface area contributed by atoms with Gasteiger partial charge in [0.05, 0.1) is 26.3 Å². The van der Waals surface area contributed by atoms with Crippen molar-refractivity contribution >= 4 is 46.5 Å². The van der Waals surface area contributed by atoms with Crippen LogP contribution in [-0.2, 0) is 0 Å². The maximum atomic E-state index is 10.8. The molecule has 2 aromatic rings. The molecule has 0 bridgehead atoms. The Morgan fingerprint density at radius 2 is 1.65 bits per heavy atom. The molecular weight excluding hydrogens is 325 g/mol. The van der Waals surface area contributed by atoms with E-state index in [4.69, 9.17) is 50.4 Å². The number of halogens is 3. The van der Waals surface area contributed by atoms with Crippen molar-refractivity contribution in [2.75, 3.05) is 5.73 Å². The molecule has 0 spiro atoms. The number of carbonyl (C=O) groups is 1. The lowest BCUT2D eigenvalue weighted by Crippen LogP contribution is -1.99. The topological polar surface area (TPSA) is 72.6 Å². The Morgan fingerprint density at radius 1 is 1.00 bits per heavy atom. The Hall–Kier alpha value is -1.62. The molecular formula is C13H8Cl3NO3. The molecule has 0 aliphatic carbocycles. The predicted octanol–water partition coefficient (Wildman–Crippen LogP) is 4.72. The van der Waals surface area contributed by atoms with E-state index < -0.39 is 5.97 Å². The standard InChI is InChI=1S/C13H8Cl3NO3/c14-7-4-9(16)12(5-8(7)15)20-11-2-1-6(13(18)19)3-10(11)17/h1-5H,17H2,(H,18,19). The zero-order valence-electron chi connectivity index (χ0n) is 9.86. The van der Waals surface area contributed by atoms with Gasteiger partial charge in [0.15, 0.2) is 0 Å². The first kappa shape index (κ1) is 14.8. The van der Waals surface area contributed by atoms with Crippen LogP contribution in [0.1, 0.15) is 10.4 Å². The highest BCUT2D eigenvalue weighted by atomic mass is 35.5. The molecule has 0 unspecified atom stereocenters. The Labute approximate surface area is 129 Å². The van der Waals surface area contributed by atoms with Crippen molar-refractivity contribution in [2.45, 2.75) is 0 Å². The van der Waals surface area contributed by atoms with Crippen molar-refractivity contribution in [2.24, 2.45) is 0 Å². The molecule has 0 fully saturated rings. The molecule has 4 nitrogen and oxygen atoms in total. The predicted molar refractivity (Wildman–Crippen MR) is 79.4 cm³/mol. The molecule has 0 aliphatic heterocycles. The van der Waals surface area contributed by atoms with Gasteiger partial charge < -0.3 is 15.6 Å². The van der Waals surface area contributed by atoms with Gasteiger partial charge in [-0.2, -0.15) is 0 Å². The molecule has 0 heterocycles. The minimum atomic E-state index is -1.07. The first-order chi connectivity index (χ1) is 9.38. The number of hydrogen-bond donors (Lipinski definition) is 2. The van der Waals surface area contributed by atoms with Crippen LogP contribution in [0.5, 0.6) is 11.5 Å². The first-order valence-corrected chi connectivity index (χ1v) is 6.47. The maximum Gasteiger partial charge on any atom is 0.335 e. The van der Waals surface area contributed by atoms with Crippen LogP contribution >= 0.6 is 34.8 Å². The van der Waals surface area contributed by atoms with E-state index in [0.29, 0.717) is 5.02 Å². The molecule has 20 heavy (non-hydrogen) atoms. The van der Waals surface area contributed by atoms with E-state index in [1.807, 2.05) is 0 Å². The number of benzene rings is 2. The summed E-state index contributed by atoms with van der Waals surface area (Å²) in [5, 5.41) is 9.70. The molecule has 7 heteroatoms. The van der Waals surface area contributed by atoms with Gasteiger partial charge in [0.25, 0.3) is 0 Å². The second kappa shape index (κ2) is 5.79. The Balaban J connectivity index is 2.35. The molecule has 104 valence electrons. The molecule has 3 N–H and O–H groups in total. The number of rotatable bonds is 3. The summed E-state index contributed by atoms with van der Waals surface area (Å²) in [5.41, 5.74) is 5.97. The van der Waals surface area contributed by atoms with Gasteiger partial charge in [0.1, 0.15) is 11.5 Å². The van der Waals surface area contributed by atoms with Gasteiger partial charge in [0.2, 0.25) is 0 Å².